The van der Waals surface area contributed by atoms with Gasteiger partial charge in [0.05, 0.1) is 12.2 Å². The summed E-state index contributed by atoms with van der Waals surface area (Å²) < 4.78 is 11.4. The van der Waals surface area contributed by atoms with Crippen molar-refractivity contribution in [3.8, 4) is 0 Å². The first kappa shape index (κ1) is 22.4. The predicted octanol–water partition coefficient (Wildman–Crippen LogP) is 0.163. The van der Waals surface area contributed by atoms with Crippen LogP contribution in [-0.4, -0.2) is 74.2 Å². The molecule has 0 radical (unpaired) electrons. The van der Waals surface area contributed by atoms with Crippen molar-refractivity contribution in [3.63, 3.8) is 0 Å². The molecule has 2 fully saturated rings. The lowest BCUT2D eigenvalue weighted by molar-refractivity contribution is -0.294. The molecule has 0 aromatic rings. The van der Waals surface area contributed by atoms with Crippen molar-refractivity contribution >= 4 is 5.78 Å². The van der Waals surface area contributed by atoms with E-state index in [9.17, 15) is 30.3 Å². The number of ketones is 1. The number of allylic oxidation sites excluding steroid dienone is 3. The standard InChI is InChI=1S/C21H32O8/c1-10-12-7-11(20(2,3)27)5-6-21(12,4)15(8-13(10)23)29-19-18(26)17(25)16(24)14(9-22)28-19/h8,11,14,16-19,22,24-27H,5-7,9H2,1-4H3/t11-,14+,16+,17-,18+,19-,21-/m0/s1. The van der Waals surface area contributed by atoms with Gasteiger partial charge in [0.15, 0.2) is 5.78 Å². The Morgan fingerprint density at radius 3 is 2.48 bits per heavy atom. The maximum Gasteiger partial charge on any atom is 0.228 e. The molecule has 1 saturated carbocycles. The Labute approximate surface area is 170 Å². The predicted molar refractivity (Wildman–Crippen MR) is 102 cm³/mol. The quantitative estimate of drug-likeness (QED) is 0.441. The molecule has 1 aliphatic heterocycles. The molecule has 29 heavy (non-hydrogen) atoms. The largest absolute Gasteiger partial charge is 0.465 e. The van der Waals surface area contributed by atoms with E-state index in [1.54, 1.807) is 20.8 Å². The summed E-state index contributed by atoms with van der Waals surface area (Å²) in [5.74, 6) is 0.107. The Hall–Kier alpha value is -1.29. The van der Waals surface area contributed by atoms with E-state index in [0.717, 1.165) is 12.0 Å². The molecule has 0 aromatic carbocycles. The average molecular weight is 412 g/mol. The van der Waals surface area contributed by atoms with Crippen molar-refractivity contribution in [2.75, 3.05) is 6.61 Å². The van der Waals surface area contributed by atoms with E-state index in [2.05, 4.69) is 0 Å². The molecule has 0 bridgehead atoms. The van der Waals surface area contributed by atoms with Gasteiger partial charge in [-0.25, -0.2) is 0 Å². The number of aliphatic hydroxyl groups excluding tert-OH is 4. The molecule has 1 saturated heterocycles. The lowest BCUT2D eigenvalue weighted by atomic mass is 9.61. The lowest BCUT2D eigenvalue weighted by Crippen LogP contribution is -2.59. The fraction of sp³-hybridized carbons (Fsp3) is 0.762. The molecule has 5 N–H and O–H groups in total. The van der Waals surface area contributed by atoms with Gasteiger partial charge >= 0.3 is 0 Å². The smallest absolute Gasteiger partial charge is 0.228 e. The normalized spacial score (nSPS) is 41.1. The van der Waals surface area contributed by atoms with Crippen molar-refractivity contribution < 1.29 is 39.8 Å². The fourth-order valence-corrected chi connectivity index (χ4v) is 4.62. The Morgan fingerprint density at radius 2 is 1.90 bits per heavy atom. The van der Waals surface area contributed by atoms with Gasteiger partial charge in [0.2, 0.25) is 6.29 Å². The second-order valence-corrected chi connectivity index (χ2v) is 9.22. The van der Waals surface area contributed by atoms with Gasteiger partial charge in [-0.05, 0) is 64.0 Å². The first-order chi connectivity index (χ1) is 13.4. The first-order valence-electron chi connectivity index (χ1n) is 10.1. The molecular formula is C21H32O8. The van der Waals surface area contributed by atoms with E-state index in [1.165, 1.54) is 6.08 Å². The van der Waals surface area contributed by atoms with Crippen LogP contribution in [0.15, 0.2) is 23.0 Å². The number of carbonyl (C=O) groups excluding carboxylic acids is 1. The highest BCUT2D eigenvalue weighted by atomic mass is 16.7. The third-order valence-electron chi connectivity index (χ3n) is 6.83. The van der Waals surface area contributed by atoms with Crippen molar-refractivity contribution in [1.82, 2.24) is 0 Å². The van der Waals surface area contributed by atoms with Crippen LogP contribution in [0.4, 0.5) is 0 Å². The Bertz CT molecular complexity index is 719. The molecule has 2 aliphatic carbocycles. The molecule has 8 heteroatoms. The van der Waals surface area contributed by atoms with E-state index in [-0.39, 0.29) is 11.7 Å². The topological polar surface area (TPSA) is 137 Å². The maximum atomic E-state index is 12.6. The van der Waals surface area contributed by atoms with Gasteiger partial charge in [-0.15, -0.1) is 0 Å². The van der Waals surface area contributed by atoms with Crippen LogP contribution in [0.2, 0.25) is 0 Å². The highest BCUT2D eigenvalue weighted by Gasteiger charge is 2.50. The van der Waals surface area contributed by atoms with E-state index in [0.29, 0.717) is 24.2 Å². The van der Waals surface area contributed by atoms with Crippen molar-refractivity contribution in [1.29, 1.82) is 0 Å². The van der Waals surface area contributed by atoms with Crippen LogP contribution in [0.1, 0.15) is 47.0 Å². The number of rotatable bonds is 4. The molecule has 0 aromatic heterocycles. The number of fused-ring (bicyclic) bond motifs is 1. The molecule has 0 amide bonds. The van der Waals surface area contributed by atoms with Gasteiger partial charge in [-0.2, -0.15) is 0 Å². The van der Waals surface area contributed by atoms with Crippen molar-refractivity contribution in [2.24, 2.45) is 11.3 Å². The van der Waals surface area contributed by atoms with Gasteiger partial charge < -0.3 is 35.0 Å². The summed E-state index contributed by atoms with van der Waals surface area (Å²) in [5.41, 5.74) is 0.0286. The van der Waals surface area contributed by atoms with E-state index < -0.39 is 48.3 Å². The molecule has 0 spiro atoms. The molecule has 1 heterocycles. The molecule has 3 rings (SSSR count). The third-order valence-corrected chi connectivity index (χ3v) is 6.83. The molecule has 7 atom stereocenters. The molecule has 164 valence electrons. The van der Waals surface area contributed by atoms with Crippen LogP contribution in [0.3, 0.4) is 0 Å². The van der Waals surface area contributed by atoms with Crippen LogP contribution in [0, 0.1) is 11.3 Å². The molecule has 0 unspecified atom stereocenters. The maximum absolute atomic E-state index is 12.6. The van der Waals surface area contributed by atoms with E-state index in [1.807, 2.05) is 6.92 Å². The summed E-state index contributed by atoms with van der Waals surface area (Å²) in [5, 5.41) is 50.1. The van der Waals surface area contributed by atoms with E-state index in [4.69, 9.17) is 9.47 Å². The average Bonchev–Trinajstić information content (AvgIpc) is 2.65. The Kier molecular flexibility index (Phi) is 5.99. The van der Waals surface area contributed by atoms with E-state index >= 15 is 0 Å². The zero-order valence-electron chi connectivity index (χ0n) is 17.3. The molecular weight excluding hydrogens is 380 g/mol. The Balaban J connectivity index is 1.87. The van der Waals surface area contributed by atoms with Gasteiger partial charge in [-0.1, -0.05) is 0 Å². The summed E-state index contributed by atoms with van der Waals surface area (Å²) in [7, 11) is 0. The first-order valence-corrected chi connectivity index (χ1v) is 10.1. The highest BCUT2D eigenvalue weighted by molar-refractivity contribution is 6.06. The summed E-state index contributed by atoms with van der Waals surface area (Å²) in [4.78, 5) is 12.6. The van der Waals surface area contributed by atoms with Gasteiger partial charge in [0, 0.05) is 11.5 Å². The van der Waals surface area contributed by atoms with Gasteiger partial charge in [0.25, 0.3) is 0 Å². The fourth-order valence-electron chi connectivity index (χ4n) is 4.62. The van der Waals surface area contributed by atoms with Gasteiger partial charge in [-0.3, -0.25) is 4.79 Å². The van der Waals surface area contributed by atoms with Crippen molar-refractivity contribution in [2.45, 2.75) is 83.3 Å². The number of ether oxygens (including phenoxy) is 2. The summed E-state index contributed by atoms with van der Waals surface area (Å²) in [6, 6.07) is 0. The minimum Gasteiger partial charge on any atom is -0.465 e. The SMILES string of the molecule is CC1=C2C[C@@H](C(C)(C)O)CC[C@]2(C)C(O[C@@H]2O[C@H](CO)[C@@H](O)[C@H](O)[C@H]2O)=CC1=O. The van der Waals surface area contributed by atoms with Crippen LogP contribution in [0.5, 0.6) is 0 Å². The van der Waals surface area contributed by atoms with Gasteiger partial charge in [0.1, 0.15) is 30.2 Å². The highest BCUT2D eigenvalue weighted by Crippen LogP contribution is 2.53. The monoisotopic (exact) mass is 412 g/mol. The number of hydrogen-bond donors (Lipinski definition) is 5. The third kappa shape index (κ3) is 3.89. The lowest BCUT2D eigenvalue weighted by Gasteiger charge is -2.48. The second-order valence-electron chi connectivity index (χ2n) is 9.22. The summed E-state index contributed by atoms with van der Waals surface area (Å²) >= 11 is 0. The Morgan fingerprint density at radius 1 is 1.24 bits per heavy atom. The summed E-state index contributed by atoms with van der Waals surface area (Å²) in [6.45, 7) is 6.69. The number of hydrogen-bond acceptors (Lipinski definition) is 8. The number of carbonyl (C=O) groups is 1. The van der Waals surface area contributed by atoms with Crippen LogP contribution >= 0.6 is 0 Å². The molecule has 8 nitrogen and oxygen atoms in total. The van der Waals surface area contributed by atoms with Crippen LogP contribution < -0.4 is 0 Å². The zero-order valence-corrected chi connectivity index (χ0v) is 17.3. The number of aliphatic hydroxyl groups is 5. The second kappa shape index (κ2) is 7.76. The van der Waals surface area contributed by atoms with Crippen LogP contribution in [0.25, 0.3) is 0 Å². The van der Waals surface area contributed by atoms with Crippen molar-refractivity contribution in [3.05, 3.63) is 23.0 Å². The minimum atomic E-state index is -1.55. The summed E-state index contributed by atoms with van der Waals surface area (Å²) in [6.07, 6.45) is -3.73. The minimum absolute atomic E-state index is 0.0000607. The molecule has 3 aliphatic rings. The zero-order chi connectivity index (χ0) is 21.7. The van der Waals surface area contributed by atoms with Crippen LogP contribution in [-0.2, 0) is 14.3 Å².